The monoisotopic (exact) mass is 349 g/mol. The van der Waals surface area contributed by atoms with Crippen molar-refractivity contribution in [3.8, 4) is 17.0 Å². The Hall–Kier alpha value is -3.39. The van der Waals surface area contributed by atoms with E-state index in [1.807, 2.05) is 18.2 Å². The summed E-state index contributed by atoms with van der Waals surface area (Å²) in [6.07, 6.45) is 2.25. The van der Waals surface area contributed by atoms with Crippen molar-refractivity contribution in [2.45, 2.75) is 6.92 Å². The van der Waals surface area contributed by atoms with E-state index in [0.29, 0.717) is 0 Å². The summed E-state index contributed by atoms with van der Waals surface area (Å²) >= 11 is 0. The molecular formula is C25H19NO. The van der Waals surface area contributed by atoms with Crippen LogP contribution in [0, 0.1) is 6.92 Å². The largest absolute Gasteiger partial charge is 0.497 e. The Labute approximate surface area is 158 Å². The van der Waals surface area contributed by atoms with E-state index in [-0.39, 0.29) is 0 Å². The molecule has 0 bridgehead atoms. The van der Waals surface area contributed by atoms with E-state index in [1.54, 1.807) is 7.11 Å². The molecule has 5 rings (SSSR count). The molecule has 0 saturated carbocycles. The van der Waals surface area contributed by atoms with E-state index in [1.165, 1.54) is 33.2 Å². The average molecular weight is 349 g/mol. The molecule has 2 heteroatoms. The Balaban J connectivity index is 1.76. The number of rotatable bonds is 2. The summed E-state index contributed by atoms with van der Waals surface area (Å²) in [4.78, 5) is 4.99. The first kappa shape index (κ1) is 15.8. The molecule has 1 aromatic heterocycles. The molecule has 0 atom stereocenters. The Morgan fingerprint density at radius 1 is 0.815 bits per heavy atom. The second-order valence-electron chi connectivity index (χ2n) is 6.96. The van der Waals surface area contributed by atoms with Gasteiger partial charge in [0.15, 0.2) is 0 Å². The highest BCUT2D eigenvalue weighted by Gasteiger charge is 2.25. The number of para-hydroxylation sites is 1. The maximum absolute atomic E-state index is 5.28. The van der Waals surface area contributed by atoms with E-state index in [2.05, 4.69) is 67.6 Å². The topological polar surface area (TPSA) is 22.1 Å². The van der Waals surface area contributed by atoms with E-state index in [9.17, 15) is 0 Å². The van der Waals surface area contributed by atoms with Gasteiger partial charge in [-0.1, -0.05) is 54.1 Å². The zero-order chi connectivity index (χ0) is 18.4. The maximum atomic E-state index is 5.28. The lowest BCUT2D eigenvalue weighted by Crippen LogP contribution is -1.87. The van der Waals surface area contributed by atoms with Crippen molar-refractivity contribution < 1.29 is 4.74 Å². The van der Waals surface area contributed by atoms with Crippen molar-refractivity contribution in [1.82, 2.24) is 4.98 Å². The zero-order valence-electron chi connectivity index (χ0n) is 15.4. The van der Waals surface area contributed by atoms with Gasteiger partial charge in [0.1, 0.15) is 5.75 Å². The van der Waals surface area contributed by atoms with Crippen LogP contribution in [0.4, 0.5) is 0 Å². The smallest absolute Gasteiger partial charge is 0.118 e. The van der Waals surface area contributed by atoms with Crippen LogP contribution in [0.25, 0.3) is 33.8 Å². The molecule has 0 saturated heterocycles. The van der Waals surface area contributed by atoms with Gasteiger partial charge in [-0.05, 0) is 54.0 Å². The van der Waals surface area contributed by atoms with Crippen LogP contribution in [0.15, 0.2) is 72.8 Å². The van der Waals surface area contributed by atoms with Crippen LogP contribution in [0.3, 0.4) is 0 Å². The third-order valence-corrected chi connectivity index (χ3v) is 5.16. The molecule has 1 aliphatic carbocycles. The Morgan fingerprint density at radius 2 is 1.63 bits per heavy atom. The molecule has 0 radical (unpaired) electrons. The van der Waals surface area contributed by atoms with E-state index in [4.69, 9.17) is 9.72 Å². The first-order valence-corrected chi connectivity index (χ1v) is 9.10. The Bertz CT molecular complexity index is 1200. The first-order chi connectivity index (χ1) is 13.2. The summed E-state index contributed by atoms with van der Waals surface area (Å²) < 4.78 is 5.28. The summed E-state index contributed by atoms with van der Waals surface area (Å²) in [7, 11) is 1.69. The second-order valence-corrected chi connectivity index (χ2v) is 6.96. The molecule has 130 valence electrons. The lowest BCUT2D eigenvalue weighted by Gasteiger charge is -2.06. The molecule has 2 nitrogen and oxygen atoms in total. The molecule has 0 N–H and O–H groups in total. The lowest BCUT2D eigenvalue weighted by atomic mass is 9.99. The molecular weight excluding hydrogens is 330 g/mol. The number of nitrogens with zero attached hydrogens (tertiary/aromatic N) is 1. The number of aromatic nitrogens is 1. The van der Waals surface area contributed by atoms with Gasteiger partial charge in [0.05, 0.1) is 18.3 Å². The van der Waals surface area contributed by atoms with Gasteiger partial charge in [0.25, 0.3) is 0 Å². The Kier molecular flexibility index (Phi) is 3.58. The summed E-state index contributed by atoms with van der Waals surface area (Å²) in [6, 6.07) is 25.4. The standard InChI is InChI=1S/C25H19NO/c1-16-7-12-20-21(13-16)22(14-17-8-10-19(27-2)11-9-17)23-15-18-5-3-4-6-24(18)26-25(20)23/h3-15H,1-2H3/b22-14+. The summed E-state index contributed by atoms with van der Waals surface area (Å²) in [5.74, 6) is 0.868. The van der Waals surface area contributed by atoms with Crippen molar-refractivity contribution in [1.29, 1.82) is 0 Å². The number of benzene rings is 3. The van der Waals surface area contributed by atoms with Crippen molar-refractivity contribution in [3.05, 3.63) is 95.1 Å². The SMILES string of the molecule is COc1ccc(/C=C2\c3cc(C)ccc3-c3nc4ccccc4cc32)cc1. The normalized spacial score (nSPS) is 13.6. The molecule has 3 aromatic carbocycles. The fourth-order valence-electron chi connectivity index (χ4n) is 3.78. The fourth-order valence-corrected chi connectivity index (χ4v) is 3.78. The van der Waals surface area contributed by atoms with Crippen LogP contribution >= 0.6 is 0 Å². The number of hydrogen-bond acceptors (Lipinski definition) is 2. The fraction of sp³-hybridized carbons (Fsp3) is 0.0800. The molecule has 1 heterocycles. The number of hydrogen-bond donors (Lipinski definition) is 0. The van der Waals surface area contributed by atoms with Crippen LogP contribution in [0.5, 0.6) is 5.75 Å². The van der Waals surface area contributed by atoms with Crippen LogP contribution in [-0.2, 0) is 0 Å². The summed E-state index contributed by atoms with van der Waals surface area (Å²) in [5.41, 5.74) is 9.41. The van der Waals surface area contributed by atoms with Gasteiger partial charge in [-0.25, -0.2) is 4.98 Å². The van der Waals surface area contributed by atoms with Crippen molar-refractivity contribution >= 4 is 22.6 Å². The van der Waals surface area contributed by atoms with Gasteiger partial charge in [0, 0.05) is 16.5 Å². The zero-order valence-corrected chi connectivity index (χ0v) is 15.4. The van der Waals surface area contributed by atoms with Gasteiger partial charge in [-0.2, -0.15) is 0 Å². The van der Waals surface area contributed by atoms with Gasteiger partial charge in [-0.3, -0.25) is 0 Å². The Morgan fingerprint density at radius 3 is 2.44 bits per heavy atom. The maximum Gasteiger partial charge on any atom is 0.118 e. The number of fused-ring (bicyclic) bond motifs is 4. The van der Waals surface area contributed by atoms with Gasteiger partial charge >= 0.3 is 0 Å². The van der Waals surface area contributed by atoms with Crippen LogP contribution in [0.1, 0.15) is 22.3 Å². The van der Waals surface area contributed by atoms with E-state index in [0.717, 1.165) is 22.5 Å². The highest BCUT2D eigenvalue weighted by atomic mass is 16.5. The third-order valence-electron chi connectivity index (χ3n) is 5.16. The second kappa shape index (κ2) is 6.10. The van der Waals surface area contributed by atoms with Crippen molar-refractivity contribution in [2.24, 2.45) is 0 Å². The summed E-state index contributed by atoms with van der Waals surface area (Å²) in [6.45, 7) is 2.14. The first-order valence-electron chi connectivity index (χ1n) is 9.10. The average Bonchev–Trinajstić information content (AvgIpc) is 2.99. The molecule has 0 aliphatic heterocycles. The van der Waals surface area contributed by atoms with E-state index >= 15 is 0 Å². The molecule has 27 heavy (non-hydrogen) atoms. The lowest BCUT2D eigenvalue weighted by molar-refractivity contribution is 0.415. The predicted molar refractivity (Wildman–Crippen MR) is 112 cm³/mol. The summed E-state index contributed by atoms with van der Waals surface area (Å²) in [5, 5.41) is 1.17. The van der Waals surface area contributed by atoms with Crippen molar-refractivity contribution in [2.75, 3.05) is 7.11 Å². The minimum absolute atomic E-state index is 0.868. The van der Waals surface area contributed by atoms with Crippen molar-refractivity contribution in [3.63, 3.8) is 0 Å². The number of ether oxygens (including phenoxy) is 1. The number of methoxy groups -OCH3 is 1. The van der Waals surface area contributed by atoms with Crippen LogP contribution < -0.4 is 4.74 Å². The van der Waals surface area contributed by atoms with Crippen LogP contribution in [0.2, 0.25) is 0 Å². The predicted octanol–water partition coefficient (Wildman–Crippen LogP) is 6.12. The minimum atomic E-state index is 0.868. The van der Waals surface area contributed by atoms with Gasteiger partial charge in [-0.15, -0.1) is 0 Å². The minimum Gasteiger partial charge on any atom is -0.497 e. The quantitative estimate of drug-likeness (QED) is 0.383. The van der Waals surface area contributed by atoms with Gasteiger partial charge in [0.2, 0.25) is 0 Å². The van der Waals surface area contributed by atoms with Gasteiger partial charge < -0.3 is 4.74 Å². The third kappa shape index (κ3) is 2.61. The number of aryl methyl sites for hydroxylation is 1. The number of pyridine rings is 1. The highest BCUT2D eigenvalue weighted by Crippen LogP contribution is 2.45. The molecule has 0 fully saturated rings. The molecule has 0 amide bonds. The molecule has 1 aliphatic rings. The van der Waals surface area contributed by atoms with Crippen LogP contribution in [-0.4, -0.2) is 12.1 Å². The van der Waals surface area contributed by atoms with E-state index < -0.39 is 0 Å². The molecule has 4 aromatic rings. The highest BCUT2D eigenvalue weighted by molar-refractivity contribution is 6.07. The molecule has 0 spiro atoms. The molecule has 0 unspecified atom stereocenters.